The molecule has 10 heteroatoms. The molecule has 3 aromatic carbocycles. The van der Waals surface area contributed by atoms with Crippen LogP contribution >= 0.6 is 0 Å². The molecule has 3 N–H and O–H groups in total. The third-order valence-electron chi connectivity index (χ3n) is 5.18. The van der Waals surface area contributed by atoms with Gasteiger partial charge in [0.05, 0.1) is 19.9 Å². The third-order valence-corrected chi connectivity index (χ3v) is 5.18. The normalized spacial score (nSPS) is 10.5. The number of rotatable bonds is 11. The topological polar surface area (TPSA) is 127 Å². The minimum Gasteiger partial charge on any atom is -0.494 e. The van der Waals surface area contributed by atoms with Crippen LogP contribution < -0.4 is 30.3 Å². The van der Waals surface area contributed by atoms with Gasteiger partial charge in [-0.2, -0.15) is 5.10 Å². The molecule has 3 amide bonds. The van der Waals surface area contributed by atoms with Gasteiger partial charge in [-0.15, -0.1) is 0 Å². The Morgan fingerprint density at radius 3 is 2.34 bits per heavy atom. The average Bonchev–Trinajstić information content (AvgIpc) is 2.92. The summed E-state index contributed by atoms with van der Waals surface area (Å²) in [6.07, 6.45) is 1.30. The van der Waals surface area contributed by atoms with Gasteiger partial charge in [-0.25, -0.2) is 5.43 Å². The molecule has 0 bridgehead atoms. The lowest BCUT2D eigenvalue weighted by Crippen LogP contribution is -2.37. The van der Waals surface area contributed by atoms with Crippen molar-refractivity contribution in [2.75, 3.05) is 25.6 Å². The van der Waals surface area contributed by atoms with Crippen molar-refractivity contribution in [3.8, 4) is 17.2 Å². The van der Waals surface area contributed by atoms with Crippen LogP contribution in [0.5, 0.6) is 17.2 Å². The zero-order valence-electron chi connectivity index (χ0n) is 21.4. The van der Waals surface area contributed by atoms with Crippen LogP contribution in [0.3, 0.4) is 0 Å². The van der Waals surface area contributed by atoms with Crippen molar-refractivity contribution in [3.05, 3.63) is 83.4 Å². The van der Waals surface area contributed by atoms with Crippen molar-refractivity contribution in [3.63, 3.8) is 0 Å². The number of hydrazone groups is 1. The molecular weight excluding hydrogens is 488 g/mol. The second kappa shape index (κ2) is 14.0. The van der Waals surface area contributed by atoms with Crippen LogP contribution in [-0.4, -0.2) is 44.3 Å². The highest BCUT2D eigenvalue weighted by Gasteiger charge is 2.14. The van der Waals surface area contributed by atoms with E-state index in [0.717, 1.165) is 11.1 Å². The molecule has 0 heterocycles. The Morgan fingerprint density at radius 1 is 0.921 bits per heavy atom. The molecule has 10 nitrogen and oxygen atoms in total. The number of ether oxygens (including phenoxy) is 3. The zero-order chi connectivity index (χ0) is 27.3. The first-order chi connectivity index (χ1) is 18.4. The maximum absolute atomic E-state index is 12.4. The van der Waals surface area contributed by atoms with Crippen LogP contribution in [0.15, 0.2) is 71.8 Å². The number of nitrogens with one attached hydrogen (secondary N) is 3. The van der Waals surface area contributed by atoms with E-state index in [-0.39, 0.29) is 24.8 Å². The van der Waals surface area contributed by atoms with Gasteiger partial charge in [0.1, 0.15) is 5.75 Å². The van der Waals surface area contributed by atoms with Crippen LogP contribution in [0.2, 0.25) is 0 Å². The highest BCUT2D eigenvalue weighted by atomic mass is 16.5. The van der Waals surface area contributed by atoms with Crippen molar-refractivity contribution in [2.24, 2.45) is 5.10 Å². The standard InChI is InChI=1S/C28H30N4O6/c1-4-37-23-14-12-22(13-15-23)31-25(33)18-38-26-21(6-5-7-24(26)36-3)17-30-32-28(35)27(34)29-16-20-10-8-19(2)9-11-20/h5-15,17H,4,16,18H2,1-3H3,(H,29,34)(H,31,33)(H,32,35)/b30-17-. The molecule has 0 aliphatic rings. The predicted octanol–water partition coefficient (Wildman–Crippen LogP) is 3.19. The summed E-state index contributed by atoms with van der Waals surface area (Å²) < 4.78 is 16.4. The Kier molecular flexibility index (Phi) is 10.2. The first kappa shape index (κ1) is 27.7. The van der Waals surface area contributed by atoms with E-state index in [0.29, 0.717) is 29.4 Å². The number of carbonyl (C=O) groups excluding carboxylic acids is 3. The number of methoxy groups -OCH3 is 1. The molecule has 0 atom stereocenters. The molecule has 3 rings (SSSR count). The minimum absolute atomic E-state index is 0.211. The predicted molar refractivity (Wildman–Crippen MR) is 143 cm³/mol. The van der Waals surface area contributed by atoms with Crippen molar-refractivity contribution < 1.29 is 28.6 Å². The van der Waals surface area contributed by atoms with Crippen LogP contribution in [0.4, 0.5) is 5.69 Å². The summed E-state index contributed by atoms with van der Waals surface area (Å²) in [6.45, 7) is 4.31. The SMILES string of the molecule is CCOc1ccc(NC(=O)COc2c(/C=N\NC(=O)C(=O)NCc3ccc(C)cc3)cccc2OC)cc1. The van der Waals surface area contributed by atoms with Gasteiger partial charge in [0.2, 0.25) is 0 Å². The van der Waals surface area contributed by atoms with Crippen LogP contribution in [0.1, 0.15) is 23.6 Å². The first-order valence-corrected chi connectivity index (χ1v) is 11.9. The number of amides is 3. The van der Waals surface area contributed by atoms with E-state index >= 15 is 0 Å². The van der Waals surface area contributed by atoms with Crippen molar-refractivity contribution in [1.82, 2.24) is 10.7 Å². The molecule has 0 aliphatic heterocycles. The highest BCUT2D eigenvalue weighted by molar-refractivity contribution is 6.35. The van der Waals surface area contributed by atoms with Crippen molar-refractivity contribution in [2.45, 2.75) is 20.4 Å². The maximum Gasteiger partial charge on any atom is 0.329 e. The second-order valence-electron chi connectivity index (χ2n) is 8.04. The van der Waals surface area contributed by atoms with E-state index in [4.69, 9.17) is 14.2 Å². The van der Waals surface area contributed by atoms with Gasteiger partial charge in [0.25, 0.3) is 5.91 Å². The minimum atomic E-state index is -0.923. The molecule has 0 unspecified atom stereocenters. The van der Waals surface area contributed by atoms with Crippen LogP contribution in [-0.2, 0) is 20.9 Å². The van der Waals surface area contributed by atoms with Gasteiger partial charge in [-0.05, 0) is 55.8 Å². The number of para-hydroxylation sites is 1. The number of carbonyl (C=O) groups is 3. The molecule has 0 radical (unpaired) electrons. The third kappa shape index (κ3) is 8.37. The molecule has 38 heavy (non-hydrogen) atoms. The van der Waals surface area contributed by atoms with E-state index in [1.807, 2.05) is 38.1 Å². The molecule has 0 saturated heterocycles. The number of hydrogen-bond donors (Lipinski definition) is 3. The Labute approximate surface area is 221 Å². The summed E-state index contributed by atoms with van der Waals surface area (Å²) in [5, 5.41) is 9.13. The zero-order valence-corrected chi connectivity index (χ0v) is 21.4. The molecule has 0 aromatic heterocycles. The van der Waals surface area contributed by atoms with Crippen LogP contribution in [0, 0.1) is 6.92 Å². The Bertz CT molecular complexity index is 1270. The average molecular weight is 519 g/mol. The highest BCUT2D eigenvalue weighted by Crippen LogP contribution is 2.30. The second-order valence-corrected chi connectivity index (χ2v) is 8.04. The molecule has 198 valence electrons. The molecule has 0 fully saturated rings. The van der Waals surface area contributed by atoms with E-state index in [9.17, 15) is 14.4 Å². The summed E-state index contributed by atoms with van der Waals surface area (Å²) in [5.41, 5.74) is 5.17. The quantitative estimate of drug-likeness (QED) is 0.203. The molecule has 0 saturated carbocycles. The summed E-state index contributed by atoms with van der Waals surface area (Å²) >= 11 is 0. The smallest absolute Gasteiger partial charge is 0.329 e. The Hall–Kier alpha value is -4.86. The van der Waals surface area contributed by atoms with Crippen LogP contribution in [0.25, 0.3) is 0 Å². The van der Waals surface area contributed by atoms with Gasteiger partial charge >= 0.3 is 11.8 Å². The van der Waals surface area contributed by atoms with Gasteiger partial charge < -0.3 is 24.8 Å². The lowest BCUT2D eigenvalue weighted by molar-refractivity contribution is -0.139. The summed E-state index contributed by atoms with van der Waals surface area (Å²) in [4.78, 5) is 36.6. The molecule has 0 spiro atoms. The summed E-state index contributed by atoms with van der Waals surface area (Å²) in [6, 6.07) is 19.6. The summed E-state index contributed by atoms with van der Waals surface area (Å²) in [7, 11) is 1.46. The first-order valence-electron chi connectivity index (χ1n) is 11.9. The van der Waals surface area contributed by atoms with Gasteiger partial charge in [0, 0.05) is 17.8 Å². The Balaban J connectivity index is 1.55. The van der Waals surface area contributed by atoms with Gasteiger partial charge in [-0.3, -0.25) is 14.4 Å². The lowest BCUT2D eigenvalue weighted by Gasteiger charge is -2.13. The largest absolute Gasteiger partial charge is 0.494 e. The molecule has 3 aromatic rings. The Morgan fingerprint density at radius 2 is 1.66 bits per heavy atom. The van der Waals surface area contributed by atoms with Gasteiger partial charge in [0.15, 0.2) is 18.1 Å². The fourth-order valence-electron chi connectivity index (χ4n) is 3.27. The number of benzene rings is 3. The lowest BCUT2D eigenvalue weighted by atomic mass is 10.1. The van der Waals surface area contributed by atoms with Gasteiger partial charge in [-0.1, -0.05) is 35.9 Å². The number of hydrogen-bond acceptors (Lipinski definition) is 7. The molecular formula is C28H30N4O6. The summed E-state index contributed by atoms with van der Waals surface area (Å²) in [5.74, 6) is -0.815. The van der Waals surface area contributed by atoms with E-state index in [2.05, 4.69) is 21.2 Å². The van der Waals surface area contributed by atoms with E-state index in [1.54, 1.807) is 42.5 Å². The maximum atomic E-state index is 12.4. The monoisotopic (exact) mass is 518 g/mol. The number of nitrogens with zero attached hydrogens (tertiary/aromatic N) is 1. The van der Waals surface area contributed by atoms with E-state index < -0.39 is 11.8 Å². The fourth-order valence-corrected chi connectivity index (χ4v) is 3.27. The van der Waals surface area contributed by atoms with Crippen molar-refractivity contribution >= 4 is 29.6 Å². The fraction of sp³-hybridized carbons (Fsp3) is 0.214. The molecule has 0 aliphatic carbocycles. The number of aryl methyl sites for hydroxylation is 1. The number of anilines is 1. The van der Waals surface area contributed by atoms with E-state index in [1.165, 1.54) is 13.3 Å². The van der Waals surface area contributed by atoms with Crippen molar-refractivity contribution in [1.29, 1.82) is 0 Å².